The Bertz CT molecular complexity index is 3040. The first kappa shape index (κ1) is 30.8. The lowest BCUT2D eigenvalue weighted by molar-refractivity contribution is 0.669. The van der Waals surface area contributed by atoms with Crippen LogP contribution in [-0.2, 0) is 0 Å². The molecule has 0 spiro atoms. The largest absolute Gasteiger partial charge is 0.454 e. The fourth-order valence-electron chi connectivity index (χ4n) is 8.17. The van der Waals surface area contributed by atoms with Gasteiger partial charge in [-0.3, -0.25) is 0 Å². The summed E-state index contributed by atoms with van der Waals surface area (Å²) in [5.41, 5.74) is 10.9. The van der Waals surface area contributed by atoms with E-state index in [1.54, 1.807) is 0 Å². The lowest BCUT2D eigenvalue weighted by Crippen LogP contribution is -2.11. The molecule has 0 atom stereocenters. The highest BCUT2D eigenvalue weighted by molar-refractivity contribution is 7.99. The summed E-state index contributed by atoms with van der Waals surface area (Å²) >= 11 is 1.85. The fraction of sp³-hybridized carbons (Fsp3) is 0. The zero-order chi connectivity index (χ0) is 35.6. The lowest BCUT2D eigenvalue weighted by Gasteiger charge is -2.30. The van der Waals surface area contributed by atoms with E-state index in [-0.39, 0.29) is 0 Å². The van der Waals surface area contributed by atoms with Gasteiger partial charge in [-0.05, 0) is 94.7 Å². The monoisotopic (exact) mass is 708 g/mol. The molecule has 1 aromatic heterocycles. The second-order valence-corrected chi connectivity index (χ2v) is 14.8. The molecule has 0 saturated heterocycles. The molecule has 0 aliphatic carbocycles. The summed E-state index contributed by atoms with van der Waals surface area (Å²) in [6, 6.07) is 69.6. The highest BCUT2D eigenvalue weighted by Crippen LogP contribution is 2.53. The van der Waals surface area contributed by atoms with Gasteiger partial charge in [0.15, 0.2) is 5.58 Å². The van der Waals surface area contributed by atoms with Crippen molar-refractivity contribution in [2.24, 2.45) is 0 Å². The Morgan fingerprint density at radius 1 is 0.370 bits per heavy atom. The number of nitrogens with zero attached hydrogens (tertiary/aromatic N) is 2. The number of hydrogen-bond acceptors (Lipinski definition) is 4. The van der Waals surface area contributed by atoms with Gasteiger partial charge in [0.05, 0.1) is 11.4 Å². The van der Waals surface area contributed by atoms with E-state index in [1.165, 1.54) is 42.5 Å². The van der Waals surface area contributed by atoms with Gasteiger partial charge < -0.3 is 14.2 Å². The van der Waals surface area contributed by atoms with Gasteiger partial charge in [-0.25, -0.2) is 0 Å². The summed E-state index contributed by atoms with van der Waals surface area (Å²) in [7, 11) is 0. The maximum absolute atomic E-state index is 6.57. The zero-order valence-corrected chi connectivity index (χ0v) is 30.0. The predicted octanol–water partition coefficient (Wildman–Crippen LogP) is 15.0. The van der Waals surface area contributed by atoms with E-state index in [0.29, 0.717) is 0 Å². The van der Waals surface area contributed by atoms with Crippen LogP contribution in [0.4, 0.5) is 34.1 Å². The second kappa shape index (κ2) is 12.4. The molecule has 0 unspecified atom stereocenters. The lowest BCUT2D eigenvalue weighted by atomic mass is 9.95. The molecule has 0 N–H and O–H groups in total. The third-order valence-electron chi connectivity index (χ3n) is 10.6. The molecule has 0 radical (unpaired) electrons. The van der Waals surface area contributed by atoms with Gasteiger partial charge in [0.25, 0.3) is 0 Å². The van der Waals surface area contributed by atoms with Gasteiger partial charge in [0.1, 0.15) is 5.58 Å². The average molecular weight is 709 g/mol. The average Bonchev–Trinajstić information content (AvgIpc) is 3.62. The molecule has 0 saturated carbocycles. The zero-order valence-electron chi connectivity index (χ0n) is 29.2. The molecular formula is C50H32N2OS. The summed E-state index contributed by atoms with van der Waals surface area (Å²) in [5.74, 6) is 0. The van der Waals surface area contributed by atoms with Gasteiger partial charge in [0.2, 0.25) is 0 Å². The first-order valence-electron chi connectivity index (χ1n) is 18.3. The first-order chi connectivity index (χ1) is 26.8. The Kier molecular flexibility index (Phi) is 7.10. The Labute approximate surface area is 317 Å². The molecule has 54 heavy (non-hydrogen) atoms. The number of fused-ring (bicyclic) bond motifs is 6. The maximum Gasteiger partial charge on any atom is 0.159 e. The molecule has 10 aromatic rings. The normalized spacial score (nSPS) is 12.0. The summed E-state index contributed by atoms with van der Waals surface area (Å²) in [6.45, 7) is 0. The molecule has 0 bridgehead atoms. The van der Waals surface area contributed by atoms with Crippen LogP contribution in [0.2, 0.25) is 0 Å². The van der Waals surface area contributed by atoms with Crippen LogP contribution >= 0.6 is 11.8 Å². The van der Waals surface area contributed by atoms with E-state index < -0.39 is 0 Å². The molecule has 0 amide bonds. The van der Waals surface area contributed by atoms with Crippen molar-refractivity contribution in [1.29, 1.82) is 0 Å². The van der Waals surface area contributed by atoms with Gasteiger partial charge in [-0.15, -0.1) is 0 Å². The van der Waals surface area contributed by atoms with E-state index in [2.05, 4.69) is 192 Å². The maximum atomic E-state index is 6.57. The molecule has 1 aliphatic rings. The molecule has 11 rings (SSSR count). The Morgan fingerprint density at radius 2 is 1.00 bits per heavy atom. The van der Waals surface area contributed by atoms with Crippen molar-refractivity contribution < 1.29 is 4.42 Å². The van der Waals surface area contributed by atoms with Gasteiger partial charge in [-0.2, -0.15) is 0 Å². The molecule has 9 aromatic carbocycles. The molecule has 4 heteroatoms. The highest BCUT2D eigenvalue weighted by atomic mass is 32.2. The van der Waals surface area contributed by atoms with Crippen molar-refractivity contribution in [3.8, 4) is 11.1 Å². The topological polar surface area (TPSA) is 19.6 Å². The summed E-state index contributed by atoms with van der Waals surface area (Å²) in [5, 5.41) is 7.21. The number of rotatable bonds is 6. The number of benzene rings is 9. The predicted molar refractivity (Wildman–Crippen MR) is 228 cm³/mol. The van der Waals surface area contributed by atoms with Crippen molar-refractivity contribution in [2.75, 3.05) is 9.80 Å². The minimum Gasteiger partial charge on any atom is -0.454 e. The summed E-state index contributed by atoms with van der Waals surface area (Å²) in [4.78, 5) is 7.21. The van der Waals surface area contributed by atoms with E-state index in [1.807, 2.05) is 23.9 Å². The smallest absolute Gasteiger partial charge is 0.159 e. The van der Waals surface area contributed by atoms with Crippen LogP contribution in [0.5, 0.6) is 0 Å². The highest BCUT2D eigenvalue weighted by Gasteiger charge is 2.26. The third-order valence-corrected chi connectivity index (χ3v) is 11.7. The Morgan fingerprint density at radius 3 is 1.83 bits per heavy atom. The van der Waals surface area contributed by atoms with Crippen molar-refractivity contribution >= 4 is 89.4 Å². The second-order valence-electron chi connectivity index (χ2n) is 13.7. The van der Waals surface area contributed by atoms with E-state index >= 15 is 0 Å². The van der Waals surface area contributed by atoms with Crippen LogP contribution in [-0.4, -0.2) is 0 Å². The van der Waals surface area contributed by atoms with Crippen LogP contribution in [0.1, 0.15) is 0 Å². The van der Waals surface area contributed by atoms with E-state index in [9.17, 15) is 0 Å². The van der Waals surface area contributed by atoms with Gasteiger partial charge in [0, 0.05) is 54.1 Å². The standard InChI is InChI=1S/C50H32N2OS/c1-3-15-35(16-4-1)51(37-26-25-33-13-7-8-14-34(33)31-37)44-30-29-41-40-28-27-38(32-48(40)54-47-24-12-21-43(44)49(41)47)52(36-17-5-2-6-18-36)45-22-11-20-42-39-19-9-10-23-46(39)53-50(42)45/h1-32H. The summed E-state index contributed by atoms with van der Waals surface area (Å²) in [6.07, 6.45) is 0. The van der Waals surface area contributed by atoms with Gasteiger partial charge in [-0.1, -0.05) is 133 Å². The van der Waals surface area contributed by atoms with Crippen molar-refractivity contribution in [3.05, 3.63) is 194 Å². The first-order valence-corrected chi connectivity index (χ1v) is 19.1. The van der Waals surface area contributed by atoms with Crippen LogP contribution in [0, 0.1) is 0 Å². The fourth-order valence-corrected chi connectivity index (χ4v) is 9.34. The van der Waals surface area contributed by atoms with Crippen molar-refractivity contribution in [3.63, 3.8) is 0 Å². The number of para-hydroxylation sites is 4. The Balaban J connectivity index is 1.07. The van der Waals surface area contributed by atoms with Crippen LogP contribution in [0.25, 0.3) is 54.6 Å². The number of furan rings is 1. The van der Waals surface area contributed by atoms with Crippen LogP contribution in [0.3, 0.4) is 0 Å². The van der Waals surface area contributed by atoms with E-state index in [0.717, 1.165) is 56.1 Å². The Hall–Kier alpha value is -6.75. The molecule has 3 nitrogen and oxygen atoms in total. The van der Waals surface area contributed by atoms with Crippen LogP contribution < -0.4 is 9.80 Å². The molecule has 2 heterocycles. The number of anilines is 6. The van der Waals surface area contributed by atoms with Crippen molar-refractivity contribution in [2.45, 2.75) is 9.79 Å². The van der Waals surface area contributed by atoms with Gasteiger partial charge >= 0.3 is 0 Å². The molecular weight excluding hydrogens is 677 g/mol. The quantitative estimate of drug-likeness (QED) is 0.171. The minimum absolute atomic E-state index is 0.880. The SMILES string of the molecule is c1ccc(N(c2ccc3ccccc3c2)c2ccc3c4c(cccc24)Sc2cc(N(c4ccccc4)c4cccc5c4oc4ccccc45)ccc2-3)cc1. The van der Waals surface area contributed by atoms with Crippen LogP contribution in [0.15, 0.2) is 208 Å². The van der Waals surface area contributed by atoms with Crippen molar-refractivity contribution in [1.82, 2.24) is 0 Å². The third kappa shape index (κ3) is 4.92. The molecule has 254 valence electrons. The molecule has 0 fully saturated rings. The minimum atomic E-state index is 0.880. The van der Waals surface area contributed by atoms with E-state index in [4.69, 9.17) is 4.42 Å². The number of hydrogen-bond donors (Lipinski definition) is 0. The molecule has 1 aliphatic heterocycles. The summed E-state index contributed by atoms with van der Waals surface area (Å²) < 4.78 is 6.57.